The summed E-state index contributed by atoms with van der Waals surface area (Å²) in [5.74, 6) is 0.778. The Morgan fingerprint density at radius 2 is 2.15 bits per heavy atom. The van der Waals surface area contributed by atoms with Crippen LogP contribution in [0.25, 0.3) is 5.65 Å². The van der Waals surface area contributed by atoms with E-state index in [1.807, 2.05) is 31.4 Å². The lowest BCUT2D eigenvalue weighted by Crippen LogP contribution is -2.38. The molecule has 134 valence electrons. The molecule has 1 aliphatic rings. The van der Waals surface area contributed by atoms with Crippen LogP contribution >= 0.6 is 0 Å². The van der Waals surface area contributed by atoms with Crippen LogP contribution in [-0.4, -0.2) is 38.6 Å². The van der Waals surface area contributed by atoms with Gasteiger partial charge in [-0.25, -0.2) is 9.50 Å². The van der Waals surface area contributed by atoms with E-state index < -0.39 is 0 Å². The highest BCUT2D eigenvalue weighted by Crippen LogP contribution is 2.30. The third kappa shape index (κ3) is 2.79. The molecule has 0 aromatic carbocycles. The molecule has 0 unspecified atom stereocenters. The van der Waals surface area contributed by atoms with E-state index >= 15 is 0 Å². The van der Waals surface area contributed by atoms with Crippen LogP contribution in [0.1, 0.15) is 29.1 Å². The number of aryl methyl sites for hydroxylation is 3. The van der Waals surface area contributed by atoms with Crippen molar-refractivity contribution in [2.45, 2.75) is 33.6 Å². The molecule has 0 spiro atoms. The first kappa shape index (κ1) is 16.5. The number of pyridine rings is 1. The number of carbonyl (C=O) groups excluding carboxylic acids is 1. The van der Waals surface area contributed by atoms with E-state index in [9.17, 15) is 4.79 Å². The number of amides is 1. The Morgan fingerprint density at radius 3 is 3.00 bits per heavy atom. The average molecular weight is 351 g/mol. The maximum absolute atomic E-state index is 12.8. The number of hydrogen-bond acceptors (Lipinski definition) is 5. The van der Waals surface area contributed by atoms with Gasteiger partial charge in [-0.05, 0) is 32.8 Å². The first-order chi connectivity index (χ1) is 12.5. The van der Waals surface area contributed by atoms with E-state index in [2.05, 4.69) is 15.1 Å². The molecule has 0 atom stereocenters. The summed E-state index contributed by atoms with van der Waals surface area (Å²) in [7, 11) is 0. The first-order valence-corrected chi connectivity index (χ1v) is 8.74. The van der Waals surface area contributed by atoms with Crippen LogP contribution in [0.2, 0.25) is 0 Å². The zero-order valence-electron chi connectivity index (χ0n) is 15.2. The number of aromatic nitrogens is 4. The number of carbonyl (C=O) groups is 1. The van der Waals surface area contributed by atoms with Crippen molar-refractivity contribution in [1.82, 2.24) is 19.6 Å². The van der Waals surface area contributed by atoms with Crippen LogP contribution in [-0.2, 0) is 11.2 Å². The Morgan fingerprint density at radius 1 is 1.31 bits per heavy atom. The van der Waals surface area contributed by atoms with Gasteiger partial charge in [0.25, 0.3) is 0 Å². The molecule has 0 N–H and O–H groups in total. The second-order valence-electron chi connectivity index (χ2n) is 6.55. The molecule has 4 heterocycles. The van der Waals surface area contributed by atoms with Crippen molar-refractivity contribution in [3.63, 3.8) is 0 Å². The van der Waals surface area contributed by atoms with Gasteiger partial charge < -0.3 is 9.64 Å². The van der Waals surface area contributed by atoms with Gasteiger partial charge in [-0.1, -0.05) is 0 Å². The molecule has 3 aromatic rings. The standard InChI is InChI=1S/C19H21N5O2/c1-12-10-18-21-13(2)15(14(3)24(18)22-12)4-5-19(25)23-8-9-26-17-6-7-20-11-16(17)23/h6-7,10-11H,4-5,8-9H2,1-3H3. The fraction of sp³-hybridized carbons (Fsp3) is 0.368. The zero-order chi connectivity index (χ0) is 18.3. The zero-order valence-corrected chi connectivity index (χ0v) is 15.2. The Balaban J connectivity index is 1.56. The van der Waals surface area contributed by atoms with Crippen LogP contribution < -0.4 is 9.64 Å². The number of anilines is 1. The molecule has 1 amide bonds. The maximum Gasteiger partial charge on any atom is 0.227 e. The van der Waals surface area contributed by atoms with Gasteiger partial charge in [-0.15, -0.1) is 0 Å². The third-order valence-electron chi connectivity index (χ3n) is 4.80. The summed E-state index contributed by atoms with van der Waals surface area (Å²) >= 11 is 0. The summed E-state index contributed by atoms with van der Waals surface area (Å²) in [4.78, 5) is 23.3. The van der Waals surface area contributed by atoms with E-state index in [1.165, 1.54) is 0 Å². The fourth-order valence-corrected chi connectivity index (χ4v) is 3.49. The number of rotatable bonds is 3. The number of ether oxygens (including phenoxy) is 1. The van der Waals surface area contributed by atoms with Crippen LogP contribution in [0, 0.1) is 20.8 Å². The predicted molar refractivity (Wildman–Crippen MR) is 97.6 cm³/mol. The SMILES string of the molecule is Cc1cc2nc(C)c(CCC(=O)N3CCOc4ccncc43)c(C)n2n1. The molecule has 26 heavy (non-hydrogen) atoms. The summed E-state index contributed by atoms with van der Waals surface area (Å²) < 4.78 is 7.46. The summed E-state index contributed by atoms with van der Waals surface area (Å²) in [5, 5.41) is 4.50. The van der Waals surface area contributed by atoms with Crippen molar-refractivity contribution >= 4 is 17.2 Å². The summed E-state index contributed by atoms with van der Waals surface area (Å²) in [5.41, 5.74) is 5.60. The van der Waals surface area contributed by atoms with Gasteiger partial charge in [0.2, 0.25) is 5.91 Å². The minimum Gasteiger partial charge on any atom is -0.489 e. The van der Waals surface area contributed by atoms with Crippen LogP contribution in [0.5, 0.6) is 5.75 Å². The molecule has 0 fully saturated rings. The van der Waals surface area contributed by atoms with E-state index in [0.29, 0.717) is 31.7 Å². The smallest absolute Gasteiger partial charge is 0.227 e. The average Bonchev–Trinajstić information content (AvgIpc) is 3.01. The maximum atomic E-state index is 12.8. The minimum absolute atomic E-state index is 0.0677. The second-order valence-corrected chi connectivity index (χ2v) is 6.55. The topological polar surface area (TPSA) is 72.6 Å². The molecular formula is C19H21N5O2. The molecule has 1 aliphatic heterocycles. The summed E-state index contributed by atoms with van der Waals surface area (Å²) in [6.45, 7) is 7.02. The largest absolute Gasteiger partial charge is 0.489 e. The molecule has 7 heteroatoms. The Labute approximate surface area is 151 Å². The van der Waals surface area contributed by atoms with Gasteiger partial charge in [0.05, 0.1) is 18.4 Å². The number of nitrogens with zero attached hydrogens (tertiary/aromatic N) is 5. The molecular weight excluding hydrogens is 330 g/mol. The quantitative estimate of drug-likeness (QED) is 0.724. The molecule has 0 saturated carbocycles. The second kappa shape index (κ2) is 6.40. The molecule has 7 nitrogen and oxygen atoms in total. The van der Waals surface area contributed by atoms with E-state index in [0.717, 1.165) is 34.0 Å². The van der Waals surface area contributed by atoms with Crippen molar-refractivity contribution in [3.05, 3.63) is 47.2 Å². The van der Waals surface area contributed by atoms with Crippen LogP contribution in [0.3, 0.4) is 0 Å². The van der Waals surface area contributed by atoms with E-state index in [1.54, 1.807) is 23.4 Å². The highest BCUT2D eigenvalue weighted by Gasteiger charge is 2.24. The van der Waals surface area contributed by atoms with Gasteiger partial charge in [0.1, 0.15) is 18.0 Å². The van der Waals surface area contributed by atoms with E-state index in [4.69, 9.17) is 4.74 Å². The molecule has 3 aromatic heterocycles. The predicted octanol–water partition coefficient (Wildman–Crippen LogP) is 2.41. The van der Waals surface area contributed by atoms with Gasteiger partial charge in [0, 0.05) is 36.1 Å². The molecule has 0 radical (unpaired) electrons. The van der Waals surface area contributed by atoms with Crippen LogP contribution in [0.15, 0.2) is 24.5 Å². The van der Waals surface area contributed by atoms with Gasteiger partial charge >= 0.3 is 0 Å². The summed E-state index contributed by atoms with van der Waals surface area (Å²) in [6.07, 6.45) is 4.39. The lowest BCUT2D eigenvalue weighted by atomic mass is 10.1. The van der Waals surface area contributed by atoms with Crippen molar-refractivity contribution in [1.29, 1.82) is 0 Å². The lowest BCUT2D eigenvalue weighted by Gasteiger charge is -2.29. The van der Waals surface area contributed by atoms with Crippen molar-refractivity contribution in [2.75, 3.05) is 18.1 Å². The van der Waals surface area contributed by atoms with Crippen molar-refractivity contribution in [3.8, 4) is 5.75 Å². The van der Waals surface area contributed by atoms with Gasteiger partial charge in [-0.3, -0.25) is 9.78 Å². The Kier molecular flexibility index (Phi) is 4.06. The minimum atomic E-state index is 0.0677. The molecule has 0 bridgehead atoms. The number of hydrogen-bond donors (Lipinski definition) is 0. The molecule has 4 rings (SSSR count). The first-order valence-electron chi connectivity index (χ1n) is 8.74. The highest BCUT2D eigenvalue weighted by molar-refractivity contribution is 5.95. The Hall–Kier alpha value is -2.96. The van der Waals surface area contributed by atoms with Gasteiger partial charge in [0.15, 0.2) is 5.65 Å². The molecule has 0 saturated heterocycles. The monoisotopic (exact) mass is 351 g/mol. The van der Waals surface area contributed by atoms with Crippen molar-refractivity contribution < 1.29 is 9.53 Å². The fourth-order valence-electron chi connectivity index (χ4n) is 3.49. The Bertz CT molecular complexity index is 995. The third-order valence-corrected chi connectivity index (χ3v) is 4.80. The molecule has 0 aliphatic carbocycles. The van der Waals surface area contributed by atoms with Crippen LogP contribution in [0.4, 0.5) is 5.69 Å². The number of fused-ring (bicyclic) bond motifs is 2. The highest BCUT2D eigenvalue weighted by atomic mass is 16.5. The summed E-state index contributed by atoms with van der Waals surface area (Å²) in [6, 6.07) is 3.76. The van der Waals surface area contributed by atoms with Gasteiger partial charge in [-0.2, -0.15) is 5.10 Å². The van der Waals surface area contributed by atoms with E-state index in [-0.39, 0.29) is 5.91 Å². The lowest BCUT2D eigenvalue weighted by molar-refractivity contribution is -0.118. The van der Waals surface area contributed by atoms with Crippen molar-refractivity contribution in [2.24, 2.45) is 0 Å². The normalized spacial score (nSPS) is 13.6.